The van der Waals surface area contributed by atoms with E-state index in [1.54, 1.807) is 6.07 Å². The van der Waals surface area contributed by atoms with Gasteiger partial charge in [0, 0.05) is 0 Å². The molecule has 133 valence electrons. The summed E-state index contributed by atoms with van der Waals surface area (Å²) < 4.78 is 0. The minimum Gasteiger partial charge on any atom is -0.292 e. The number of carbonyl (C=O) groups excluding carboxylic acids is 1. The SMILES string of the molecule is Cc1cccc(C(=O)OO[C]2CCCCCCCCCCC2)c1C. The number of benzene rings is 1. The van der Waals surface area contributed by atoms with Crippen LogP contribution < -0.4 is 0 Å². The van der Waals surface area contributed by atoms with Crippen LogP contribution in [0.2, 0.25) is 0 Å². The van der Waals surface area contributed by atoms with Crippen molar-refractivity contribution in [3.05, 3.63) is 41.0 Å². The predicted molar refractivity (Wildman–Crippen MR) is 96.4 cm³/mol. The van der Waals surface area contributed by atoms with E-state index < -0.39 is 5.97 Å². The van der Waals surface area contributed by atoms with Gasteiger partial charge in [0.25, 0.3) is 0 Å². The van der Waals surface area contributed by atoms with Gasteiger partial charge in [-0.15, -0.1) is 0 Å². The van der Waals surface area contributed by atoms with Gasteiger partial charge in [-0.25, -0.2) is 4.79 Å². The van der Waals surface area contributed by atoms with Crippen molar-refractivity contribution in [2.75, 3.05) is 0 Å². The van der Waals surface area contributed by atoms with Gasteiger partial charge in [-0.1, -0.05) is 69.9 Å². The molecule has 0 N–H and O–H groups in total. The second-order valence-corrected chi connectivity index (χ2v) is 6.92. The molecule has 1 aromatic carbocycles. The molecule has 0 atom stereocenters. The van der Waals surface area contributed by atoms with E-state index in [9.17, 15) is 4.79 Å². The summed E-state index contributed by atoms with van der Waals surface area (Å²) in [6.07, 6.45) is 14.1. The molecule has 3 heteroatoms. The monoisotopic (exact) mass is 331 g/mol. The summed E-state index contributed by atoms with van der Waals surface area (Å²) in [4.78, 5) is 22.9. The first kappa shape index (κ1) is 19.0. The van der Waals surface area contributed by atoms with Gasteiger partial charge in [0.1, 0.15) is 6.10 Å². The standard InChI is InChI=1S/C21H31O3/c1-17-13-12-16-20(18(17)2)21(22)24-23-19-14-10-8-6-4-3-5-7-9-11-15-19/h12-13,16H,3-11,14-15H2,1-2H3. The van der Waals surface area contributed by atoms with Crippen molar-refractivity contribution >= 4 is 5.97 Å². The Morgan fingerprint density at radius 3 is 1.96 bits per heavy atom. The van der Waals surface area contributed by atoms with Gasteiger partial charge < -0.3 is 0 Å². The summed E-state index contributed by atoms with van der Waals surface area (Å²) in [7, 11) is 0. The second kappa shape index (κ2) is 10.5. The third-order valence-corrected chi connectivity index (χ3v) is 4.97. The summed E-state index contributed by atoms with van der Waals surface area (Å²) >= 11 is 0. The molecule has 0 saturated heterocycles. The predicted octanol–water partition coefficient (Wildman–Crippen LogP) is 6.23. The number of aryl methyl sites for hydroxylation is 1. The van der Waals surface area contributed by atoms with Gasteiger partial charge in [-0.3, -0.25) is 4.89 Å². The topological polar surface area (TPSA) is 35.5 Å². The quantitative estimate of drug-likeness (QED) is 0.486. The van der Waals surface area contributed by atoms with Gasteiger partial charge in [0.05, 0.1) is 5.56 Å². The van der Waals surface area contributed by atoms with Gasteiger partial charge in [-0.2, -0.15) is 4.89 Å². The lowest BCUT2D eigenvalue weighted by Gasteiger charge is -2.16. The highest BCUT2D eigenvalue weighted by Gasteiger charge is 2.18. The minimum atomic E-state index is -0.394. The Morgan fingerprint density at radius 2 is 1.38 bits per heavy atom. The average Bonchev–Trinajstić information content (AvgIpc) is 2.56. The van der Waals surface area contributed by atoms with Crippen LogP contribution >= 0.6 is 0 Å². The lowest BCUT2D eigenvalue weighted by molar-refractivity contribution is -0.237. The molecule has 24 heavy (non-hydrogen) atoms. The molecule has 1 aromatic rings. The molecule has 3 nitrogen and oxygen atoms in total. The van der Waals surface area contributed by atoms with Gasteiger partial charge in [0.2, 0.25) is 0 Å². The van der Waals surface area contributed by atoms with Crippen LogP contribution in [0.1, 0.15) is 92.1 Å². The average molecular weight is 331 g/mol. The lowest BCUT2D eigenvalue weighted by Crippen LogP contribution is -2.12. The number of hydrogen-bond donors (Lipinski definition) is 0. The molecular formula is C21H31O3. The first-order valence-corrected chi connectivity index (χ1v) is 9.48. The van der Waals surface area contributed by atoms with E-state index in [-0.39, 0.29) is 0 Å². The smallest absolute Gasteiger partial charge is 0.292 e. The van der Waals surface area contributed by atoms with Crippen molar-refractivity contribution in [1.29, 1.82) is 0 Å². The molecule has 1 aliphatic carbocycles. The van der Waals surface area contributed by atoms with Crippen LogP contribution in [0.4, 0.5) is 0 Å². The summed E-state index contributed by atoms with van der Waals surface area (Å²) in [5.74, 6) is -0.394. The highest BCUT2D eigenvalue weighted by atomic mass is 17.2. The lowest BCUT2D eigenvalue weighted by atomic mass is 9.99. The van der Waals surface area contributed by atoms with Crippen LogP contribution in [-0.4, -0.2) is 5.97 Å². The minimum absolute atomic E-state index is 0.394. The largest absolute Gasteiger partial charge is 0.373 e. The second-order valence-electron chi connectivity index (χ2n) is 6.92. The molecule has 0 aromatic heterocycles. The Hall–Kier alpha value is -1.35. The van der Waals surface area contributed by atoms with Crippen LogP contribution in [0.3, 0.4) is 0 Å². The van der Waals surface area contributed by atoms with Crippen LogP contribution in [0, 0.1) is 20.0 Å². The fourth-order valence-electron chi connectivity index (χ4n) is 3.20. The highest BCUT2D eigenvalue weighted by Crippen LogP contribution is 2.24. The van der Waals surface area contributed by atoms with E-state index in [4.69, 9.17) is 9.78 Å². The van der Waals surface area contributed by atoms with E-state index in [1.807, 2.05) is 26.0 Å². The Balaban J connectivity index is 1.84. The van der Waals surface area contributed by atoms with Gasteiger partial charge in [0.15, 0.2) is 0 Å². The fourth-order valence-corrected chi connectivity index (χ4v) is 3.20. The Morgan fingerprint density at radius 1 is 0.833 bits per heavy atom. The summed E-state index contributed by atoms with van der Waals surface area (Å²) in [5, 5.41) is 0. The Bertz CT molecular complexity index is 498. The molecule has 0 aliphatic heterocycles. The number of rotatable bonds is 3. The van der Waals surface area contributed by atoms with Crippen molar-refractivity contribution in [2.45, 2.75) is 84.5 Å². The van der Waals surface area contributed by atoms with Crippen LogP contribution in [0.15, 0.2) is 18.2 Å². The number of carbonyl (C=O) groups is 1. The van der Waals surface area contributed by atoms with Gasteiger partial charge in [-0.05, 0) is 43.9 Å². The first-order valence-electron chi connectivity index (χ1n) is 9.48. The summed E-state index contributed by atoms with van der Waals surface area (Å²) in [6, 6.07) is 5.66. The molecule has 1 radical (unpaired) electrons. The van der Waals surface area contributed by atoms with Gasteiger partial charge >= 0.3 is 5.97 Å². The third-order valence-electron chi connectivity index (χ3n) is 4.97. The molecule has 0 amide bonds. The normalized spacial score (nSPS) is 18.4. The first-order chi connectivity index (χ1) is 11.7. The van der Waals surface area contributed by atoms with Crippen molar-refractivity contribution in [3.63, 3.8) is 0 Å². The summed E-state index contributed by atoms with van der Waals surface area (Å²) in [6.45, 7) is 3.93. The third kappa shape index (κ3) is 6.27. The maximum Gasteiger partial charge on any atom is 0.373 e. The van der Waals surface area contributed by atoms with E-state index in [2.05, 4.69) is 0 Å². The molecule has 0 spiro atoms. The van der Waals surface area contributed by atoms with Crippen molar-refractivity contribution < 1.29 is 14.6 Å². The van der Waals surface area contributed by atoms with Crippen molar-refractivity contribution in [2.24, 2.45) is 0 Å². The molecule has 0 heterocycles. The fraction of sp³-hybridized carbons (Fsp3) is 0.619. The molecule has 1 aliphatic rings. The zero-order valence-electron chi connectivity index (χ0n) is 15.2. The van der Waals surface area contributed by atoms with Crippen molar-refractivity contribution in [3.8, 4) is 0 Å². The van der Waals surface area contributed by atoms with E-state index >= 15 is 0 Å². The van der Waals surface area contributed by atoms with E-state index in [1.165, 1.54) is 44.9 Å². The highest BCUT2D eigenvalue weighted by molar-refractivity contribution is 5.90. The molecular weight excluding hydrogens is 300 g/mol. The number of hydrogen-bond acceptors (Lipinski definition) is 3. The molecule has 0 unspecified atom stereocenters. The molecule has 1 fully saturated rings. The molecule has 2 rings (SSSR count). The molecule has 1 saturated carbocycles. The van der Waals surface area contributed by atoms with Crippen LogP contribution in [-0.2, 0) is 9.78 Å². The summed E-state index contributed by atoms with van der Waals surface area (Å²) in [5.41, 5.74) is 2.63. The zero-order valence-corrected chi connectivity index (χ0v) is 15.2. The Labute approximate surface area is 146 Å². The maximum atomic E-state index is 12.3. The van der Waals surface area contributed by atoms with Crippen molar-refractivity contribution in [1.82, 2.24) is 0 Å². The molecule has 0 bridgehead atoms. The Kier molecular flexibility index (Phi) is 8.31. The zero-order chi connectivity index (χ0) is 17.2. The maximum absolute atomic E-state index is 12.3. The van der Waals surface area contributed by atoms with E-state index in [0.29, 0.717) is 5.56 Å². The van der Waals surface area contributed by atoms with E-state index in [0.717, 1.165) is 42.9 Å². The van der Waals surface area contributed by atoms with Crippen LogP contribution in [0.5, 0.6) is 0 Å². The van der Waals surface area contributed by atoms with Crippen LogP contribution in [0.25, 0.3) is 0 Å².